The van der Waals surface area contributed by atoms with Crippen molar-refractivity contribution in [2.45, 2.75) is 13.8 Å². The van der Waals surface area contributed by atoms with Gasteiger partial charge in [0.15, 0.2) is 23.9 Å². The smallest absolute Gasteiger partial charge is 0.340 e. The molecule has 0 atom stereocenters. The first-order chi connectivity index (χ1) is 15.8. The summed E-state index contributed by atoms with van der Waals surface area (Å²) in [6, 6.07) is 11.4. The highest BCUT2D eigenvalue weighted by atomic mass is 16.5. The topological polar surface area (TPSA) is 116 Å². The number of benzene rings is 2. The summed E-state index contributed by atoms with van der Waals surface area (Å²) < 4.78 is 20.8. The Balaban J connectivity index is 1.79. The van der Waals surface area contributed by atoms with Crippen LogP contribution in [0, 0.1) is 13.8 Å². The molecular weight excluding hydrogens is 428 g/mol. The van der Waals surface area contributed by atoms with Crippen molar-refractivity contribution < 1.29 is 33.0 Å². The van der Waals surface area contributed by atoms with Crippen LogP contribution in [0.1, 0.15) is 32.0 Å². The Morgan fingerprint density at radius 2 is 1.58 bits per heavy atom. The molecular formula is C24H24N2O7. The fourth-order valence-electron chi connectivity index (χ4n) is 3.14. The Kier molecular flexibility index (Phi) is 7.34. The molecule has 0 radical (unpaired) electrons. The molecule has 0 saturated carbocycles. The fourth-order valence-corrected chi connectivity index (χ4v) is 3.14. The Morgan fingerprint density at radius 3 is 2.18 bits per heavy atom. The molecule has 1 aromatic heterocycles. The van der Waals surface area contributed by atoms with Crippen LogP contribution < -0.4 is 20.1 Å². The summed E-state index contributed by atoms with van der Waals surface area (Å²) in [5.41, 5.74) is 2.52. The molecule has 9 heteroatoms. The molecule has 0 fully saturated rings. The number of carbonyl (C=O) groups is 3. The molecule has 0 aliphatic heterocycles. The largest absolute Gasteiger partial charge is 0.493 e. The Labute approximate surface area is 190 Å². The fraction of sp³-hybridized carbons (Fsp3) is 0.208. The number of hydrogen-bond donors (Lipinski definition) is 2. The van der Waals surface area contributed by atoms with E-state index in [0.717, 1.165) is 11.1 Å². The van der Waals surface area contributed by atoms with E-state index in [2.05, 4.69) is 10.6 Å². The molecule has 3 aromatic rings. The molecule has 0 unspecified atom stereocenters. The van der Waals surface area contributed by atoms with Gasteiger partial charge >= 0.3 is 5.97 Å². The number of amides is 2. The van der Waals surface area contributed by atoms with Gasteiger partial charge < -0.3 is 29.3 Å². The molecule has 0 spiro atoms. The second-order valence-corrected chi connectivity index (χ2v) is 7.08. The number of aryl methyl sites for hydroxylation is 2. The number of para-hydroxylation sites is 1. The van der Waals surface area contributed by atoms with E-state index in [4.69, 9.17) is 18.6 Å². The van der Waals surface area contributed by atoms with Crippen molar-refractivity contribution in [2.75, 3.05) is 31.5 Å². The van der Waals surface area contributed by atoms with E-state index in [0.29, 0.717) is 5.69 Å². The third-order valence-electron chi connectivity index (χ3n) is 4.82. The van der Waals surface area contributed by atoms with Crippen molar-refractivity contribution >= 4 is 29.2 Å². The van der Waals surface area contributed by atoms with Gasteiger partial charge in [0.2, 0.25) is 0 Å². The van der Waals surface area contributed by atoms with Crippen molar-refractivity contribution in [3.8, 4) is 11.5 Å². The van der Waals surface area contributed by atoms with Crippen molar-refractivity contribution in [3.05, 3.63) is 71.2 Å². The quantitative estimate of drug-likeness (QED) is 0.497. The van der Waals surface area contributed by atoms with Gasteiger partial charge in [0, 0.05) is 17.8 Å². The number of hydrogen-bond acceptors (Lipinski definition) is 7. The Hall–Kier alpha value is -4.27. The monoisotopic (exact) mass is 452 g/mol. The Morgan fingerprint density at radius 1 is 0.909 bits per heavy atom. The summed E-state index contributed by atoms with van der Waals surface area (Å²) in [7, 11) is 2.83. The summed E-state index contributed by atoms with van der Waals surface area (Å²) in [6.45, 7) is 3.21. The van der Waals surface area contributed by atoms with Crippen molar-refractivity contribution in [1.82, 2.24) is 0 Å². The number of furan rings is 1. The maximum Gasteiger partial charge on any atom is 0.340 e. The van der Waals surface area contributed by atoms with Crippen LogP contribution >= 0.6 is 0 Å². The van der Waals surface area contributed by atoms with Crippen molar-refractivity contribution in [1.29, 1.82) is 0 Å². The number of methoxy groups -OCH3 is 2. The highest BCUT2D eigenvalue weighted by Crippen LogP contribution is 2.34. The van der Waals surface area contributed by atoms with Crippen LogP contribution in [-0.2, 0) is 9.53 Å². The molecule has 33 heavy (non-hydrogen) atoms. The SMILES string of the molecule is COc1cc(NC(=O)c2ccco2)c(C(=O)OCC(=O)Nc2c(C)cccc2C)cc1OC. The summed E-state index contributed by atoms with van der Waals surface area (Å²) in [6.07, 6.45) is 1.35. The minimum Gasteiger partial charge on any atom is -0.493 e. The van der Waals surface area contributed by atoms with Gasteiger partial charge in [-0.2, -0.15) is 0 Å². The molecule has 9 nitrogen and oxygen atoms in total. The predicted molar refractivity (Wildman–Crippen MR) is 121 cm³/mol. The van der Waals surface area contributed by atoms with Crippen LogP contribution in [0.25, 0.3) is 0 Å². The van der Waals surface area contributed by atoms with Gasteiger partial charge in [-0.1, -0.05) is 18.2 Å². The lowest BCUT2D eigenvalue weighted by molar-refractivity contribution is -0.119. The molecule has 2 N–H and O–H groups in total. The Bertz CT molecular complexity index is 1150. The van der Waals surface area contributed by atoms with E-state index in [1.807, 2.05) is 32.0 Å². The molecule has 3 rings (SSSR count). The van der Waals surface area contributed by atoms with Gasteiger partial charge in [-0.25, -0.2) is 4.79 Å². The first-order valence-electron chi connectivity index (χ1n) is 9.98. The lowest BCUT2D eigenvalue weighted by Crippen LogP contribution is -2.23. The average molecular weight is 452 g/mol. The van der Waals surface area contributed by atoms with E-state index in [-0.39, 0.29) is 28.5 Å². The van der Waals surface area contributed by atoms with Crippen LogP contribution in [-0.4, -0.2) is 38.6 Å². The van der Waals surface area contributed by atoms with Gasteiger partial charge in [-0.15, -0.1) is 0 Å². The summed E-state index contributed by atoms with van der Waals surface area (Å²) in [5, 5.41) is 5.34. The molecule has 0 saturated heterocycles. The van der Waals surface area contributed by atoms with Crippen LogP contribution in [0.5, 0.6) is 11.5 Å². The van der Waals surface area contributed by atoms with Crippen LogP contribution in [0.4, 0.5) is 11.4 Å². The summed E-state index contributed by atoms with van der Waals surface area (Å²) >= 11 is 0. The standard InChI is InChI=1S/C24H24N2O7/c1-14-7-5-8-15(2)22(14)26-21(27)13-33-24(29)16-11-19(30-3)20(31-4)12-17(16)25-23(28)18-9-6-10-32-18/h5-12H,13H2,1-4H3,(H,25,28)(H,26,27). The zero-order valence-electron chi connectivity index (χ0n) is 18.7. The van der Waals surface area contributed by atoms with E-state index >= 15 is 0 Å². The zero-order valence-corrected chi connectivity index (χ0v) is 18.7. The van der Waals surface area contributed by atoms with Gasteiger partial charge in [-0.3, -0.25) is 9.59 Å². The molecule has 0 aliphatic carbocycles. The number of anilines is 2. The normalized spacial score (nSPS) is 10.3. The molecule has 2 aromatic carbocycles. The third kappa shape index (κ3) is 5.51. The van der Waals surface area contributed by atoms with Crippen molar-refractivity contribution in [3.63, 3.8) is 0 Å². The lowest BCUT2D eigenvalue weighted by atomic mass is 10.1. The third-order valence-corrected chi connectivity index (χ3v) is 4.82. The van der Waals surface area contributed by atoms with Gasteiger partial charge in [0.1, 0.15) is 0 Å². The molecule has 172 valence electrons. The molecule has 2 amide bonds. The van der Waals surface area contributed by atoms with E-state index in [1.54, 1.807) is 6.07 Å². The second kappa shape index (κ2) is 10.4. The summed E-state index contributed by atoms with van der Waals surface area (Å²) in [5.74, 6) is -1.31. The van der Waals surface area contributed by atoms with E-state index in [9.17, 15) is 14.4 Å². The maximum atomic E-state index is 12.8. The number of ether oxygens (including phenoxy) is 3. The average Bonchev–Trinajstić information content (AvgIpc) is 3.35. The lowest BCUT2D eigenvalue weighted by Gasteiger charge is -2.15. The predicted octanol–water partition coefficient (Wildman–Crippen LogP) is 3.96. The number of nitrogens with one attached hydrogen (secondary N) is 2. The number of esters is 1. The van der Waals surface area contributed by atoms with E-state index < -0.39 is 24.4 Å². The van der Waals surface area contributed by atoms with Crippen molar-refractivity contribution in [2.24, 2.45) is 0 Å². The van der Waals surface area contributed by atoms with Gasteiger partial charge in [0.05, 0.1) is 31.7 Å². The van der Waals surface area contributed by atoms with Gasteiger partial charge in [0.25, 0.3) is 11.8 Å². The van der Waals surface area contributed by atoms with Gasteiger partial charge in [-0.05, 0) is 37.1 Å². The van der Waals surface area contributed by atoms with Crippen LogP contribution in [0.2, 0.25) is 0 Å². The maximum absolute atomic E-state index is 12.8. The number of carbonyl (C=O) groups excluding carboxylic acids is 3. The molecule has 0 bridgehead atoms. The second-order valence-electron chi connectivity index (χ2n) is 7.08. The highest BCUT2D eigenvalue weighted by molar-refractivity contribution is 6.07. The summed E-state index contributed by atoms with van der Waals surface area (Å²) in [4.78, 5) is 37.6. The first-order valence-corrected chi connectivity index (χ1v) is 9.98. The minimum atomic E-state index is -0.831. The minimum absolute atomic E-state index is 0.0209. The molecule has 1 heterocycles. The van der Waals surface area contributed by atoms with E-state index in [1.165, 1.54) is 38.7 Å². The van der Waals surface area contributed by atoms with Crippen LogP contribution in [0.3, 0.4) is 0 Å². The zero-order chi connectivity index (χ0) is 24.0. The molecule has 0 aliphatic rings. The number of rotatable bonds is 8. The highest BCUT2D eigenvalue weighted by Gasteiger charge is 2.22. The first kappa shape index (κ1) is 23.4. The van der Waals surface area contributed by atoms with Crippen LogP contribution in [0.15, 0.2) is 53.1 Å².